The Kier molecular flexibility index (Phi) is 11.4. The van der Waals surface area contributed by atoms with Gasteiger partial charge in [0.1, 0.15) is 5.75 Å². The van der Waals surface area contributed by atoms with Crippen molar-refractivity contribution in [3.8, 4) is 5.75 Å². The van der Waals surface area contributed by atoms with E-state index in [9.17, 15) is 0 Å². The van der Waals surface area contributed by atoms with E-state index in [0.717, 1.165) is 58.1 Å². The van der Waals surface area contributed by atoms with Crippen molar-refractivity contribution in [1.29, 1.82) is 0 Å². The summed E-state index contributed by atoms with van der Waals surface area (Å²) in [6.07, 6.45) is 1.05. The summed E-state index contributed by atoms with van der Waals surface area (Å²) in [5.41, 5.74) is 3.93. The van der Waals surface area contributed by atoms with Crippen molar-refractivity contribution in [2.24, 2.45) is 0 Å². The molecule has 3 rings (SSSR count). The highest BCUT2D eigenvalue weighted by molar-refractivity contribution is 5.85. The molecule has 1 heterocycles. The Bertz CT molecular complexity index is 650. The monoisotopic (exact) mass is 412 g/mol. The van der Waals surface area contributed by atoms with E-state index < -0.39 is 0 Å². The molecular weight excluding hydrogens is 383 g/mol. The summed E-state index contributed by atoms with van der Waals surface area (Å²) >= 11 is 0. The molecule has 1 saturated heterocycles. The van der Waals surface area contributed by atoms with Gasteiger partial charge >= 0.3 is 0 Å². The lowest BCUT2D eigenvalue weighted by Crippen LogP contribution is -2.35. The van der Waals surface area contributed by atoms with Crippen molar-refractivity contribution in [1.82, 2.24) is 10.2 Å². The van der Waals surface area contributed by atoms with Gasteiger partial charge in [-0.15, -0.1) is 24.8 Å². The molecule has 0 atom stereocenters. The first-order valence-corrected chi connectivity index (χ1v) is 9.05. The molecule has 1 N–H and O–H groups in total. The predicted molar refractivity (Wildman–Crippen MR) is 115 cm³/mol. The lowest BCUT2D eigenvalue weighted by atomic mass is 10.1. The van der Waals surface area contributed by atoms with Gasteiger partial charge in [-0.25, -0.2) is 0 Å². The largest absolute Gasteiger partial charge is 0.496 e. The molecule has 0 saturated carbocycles. The van der Waals surface area contributed by atoms with E-state index in [1.54, 1.807) is 7.11 Å². The number of ether oxygens (including phenoxy) is 2. The van der Waals surface area contributed by atoms with Gasteiger partial charge in [-0.1, -0.05) is 36.4 Å². The second-order valence-corrected chi connectivity index (χ2v) is 6.45. The first-order valence-electron chi connectivity index (χ1n) is 9.05. The number of halogens is 2. The second kappa shape index (κ2) is 13.0. The Morgan fingerprint density at radius 1 is 1.00 bits per heavy atom. The van der Waals surface area contributed by atoms with Gasteiger partial charge in [0.05, 0.1) is 20.3 Å². The highest BCUT2D eigenvalue weighted by Gasteiger charge is 2.13. The van der Waals surface area contributed by atoms with Gasteiger partial charge in [-0.3, -0.25) is 4.90 Å². The molecule has 2 aromatic carbocycles. The predicted octanol–water partition coefficient (Wildman–Crippen LogP) is 3.70. The van der Waals surface area contributed by atoms with Gasteiger partial charge in [0.2, 0.25) is 0 Å². The third kappa shape index (κ3) is 7.68. The van der Waals surface area contributed by atoms with Gasteiger partial charge in [0.25, 0.3) is 0 Å². The summed E-state index contributed by atoms with van der Waals surface area (Å²) in [6, 6.07) is 17.1. The molecule has 1 fully saturated rings. The number of hydrogen-bond acceptors (Lipinski definition) is 4. The molecule has 0 radical (unpaired) electrons. The zero-order chi connectivity index (χ0) is 17.3. The molecular formula is C21H30Cl2N2O2. The third-order valence-electron chi connectivity index (χ3n) is 4.60. The molecule has 0 bridgehead atoms. The third-order valence-corrected chi connectivity index (χ3v) is 4.60. The standard InChI is InChI=1S/C21H28N2O2.2ClH/c1-24-21-8-7-19(15-20(21)17-23-11-13-25-14-12-23)16-22-10-9-18-5-3-2-4-6-18;;/h2-8,15,22H,9-14,16-17H2,1H3;2*1H. The van der Waals surface area contributed by atoms with Crippen LogP contribution in [-0.4, -0.2) is 44.9 Å². The highest BCUT2D eigenvalue weighted by atomic mass is 35.5. The van der Waals surface area contributed by atoms with E-state index in [-0.39, 0.29) is 24.8 Å². The number of rotatable bonds is 8. The first kappa shape index (κ1) is 23.7. The van der Waals surface area contributed by atoms with Crippen molar-refractivity contribution >= 4 is 24.8 Å². The van der Waals surface area contributed by atoms with E-state index in [0.29, 0.717) is 0 Å². The summed E-state index contributed by atoms with van der Waals surface area (Å²) in [4.78, 5) is 2.42. The fraction of sp³-hybridized carbons (Fsp3) is 0.429. The Morgan fingerprint density at radius 3 is 2.44 bits per heavy atom. The average Bonchev–Trinajstić information content (AvgIpc) is 2.67. The van der Waals surface area contributed by atoms with Crippen LogP contribution < -0.4 is 10.1 Å². The highest BCUT2D eigenvalue weighted by Crippen LogP contribution is 2.22. The van der Waals surface area contributed by atoms with Gasteiger partial charge in [-0.05, 0) is 36.2 Å². The summed E-state index contributed by atoms with van der Waals surface area (Å²) in [6.45, 7) is 6.41. The Labute approximate surface area is 175 Å². The molecule has 0 aliphatic carbocycles. The van der Waals surface area contributed by atoms with Crippen molar-refractivity contribution in [3.05, 3.63) is 65.2 Å². The molecule has 27 heavy (non-hydrogen) atoms. The molecule has 150 valence electrons. The van der Waals surface area contributed by atoms with Crippen LogP contribution in [0.25, 0.3) is 0 Å². The van der Waals surface area contributed by atoms with Crippen LogP contribution in [-0.2, 0) is 24.2 Å². The fourth-order valence-corrected chi connectivity index (χ4v) is 3.18. The van der Waals surface area contributed by atoms with Gasteiger partial charge < -0.3 is 14.8 Å². The number of benzene rings is 2. The molecule has 0 aromatic heterocycles. The van der Waals surface area contributed by atoms with Crippen molar-refractivity contribution in [2.75, 3.05) is 40.0 Å². The van der Waals surface area contributed by atoms with Crippen LogP contribution in [0.5, 0.6) is 5.75 Å². The van der Waals surface area contributed by atoms with E-state index in [2.05, 4.69) is 58.7 Å². The lowest BCUT2D eigenvalue weighted by Gasteiger charge is -2.27. The van der Waals surface area contributed by atoms with Crippen LogP contribution in [0, 0.1) is 0 Å². The lowest BCUT2D eigenvalue weighted by molar-refractivity contribution is 0.0339. The molecule has 4 nitrogen and oxygen atoms in total. The van der Waals surface area contributed by atoms with Crippen LogP contribution in [0.15, 0.2) is 48.5 Å². The SMILES string of the molecule is COc1ccc(CNCCc2ccccc2)cc1CN1CCOCC1.Cl.Cl. The van der Waals surface area contributed by atoms with Crippen molar-refractivity contribution < 1.29 is 9.47 Å². The van der Waals surface area contributed by atoms with Gasteiger partial charge in [-0.2, -0.15) is 0 Å². The van der Waals surface area contributed by atoms with Crippen LogP contribution in [0.3, 0.4) is 0 Å². The molecule has 2 aromatic rings. The molecule has 1 aliphatic heterocycles. The average molecular weight is 413 g/mol. The van der Waals surface area contributed by atoms with Crippen molar-refractivity contribution in [2.45, 2.75) is 19.5 Å². The number of morpholine rings is 1. The zero-order valence-corrected chi connectivity index (χ0v) is 17.5. The quantitative estimate of drug-likeness (QED) is 0.670. The number of nitrogens with zero attached hydrogens (tertiary/aromatic N) is 1. The maximum absolute atomic E-state index is 5.55. The molecule has 6 heteroatoms. The van der Waals surface area contributed by atoms with Gasteiger partial charge in [0.15, 0.2) is 0 Å². The summed E-state index contributed by atoms with van der Waals surface area (Å²) in [7, 11) is 1.75. The zero-order valence-electron chi connectivity index (χ0n) is 15.9. The summed E-state index contributed by atoms with van der Waals surface area (Å²) in [5.74, 6) is 0.972. The maximum Gasteiger partial charge on any atom is 0.123 e. The number of hydrogen-bond donors (Lipinski definition) is 1. The molecule has 0 unspecified atom stereocenters. The fourth-order valence-electron chi connectivity index (χ4n) is 3.18. The topological polar surface area (TPSA) is 33.7 Å². The van der Waals surface area contributed by atoms with E-state index in [4.69, 9.17) is 9.47 Å². The van der Waals surface area contributed by atoms with E-state index >= 15 is 0 Å². The Morgan fingerprint density at radius 2 is 1.74 bits per heavy atom. The number of nitrogens with one attached hydrogen (secondary N) is 1. The van der Waals surface area contributed by atoms with E-state index in [1.165, 1.54) is 16.7 Å². The van der Waals surface area contributed by atoms with Crippen LogP contribution in [0.4, 0.5) is 0 Å². The summed E-state index contributed by atoms with van der Waals surface area (Å²) in [5, 5.41) is 3.54. The maximum atomic E-state index is 5.55. The van der Waals surface area contributed by atoms with Gasteiger partial charge in [0, 0.05) is 31.7 Å². The molecule has 1 aliphatic rings. The minimum Gasteiger partial charge on any atom is -0.496 e. The normalized spacial score (nSPS) is 14.1. The first-order chi connectivity index (χ1) is 12.3. The minimum atomic E-state index is 0. The van der Waals surface area contributed by atoms with E-state index in [1.807, 2.05) is 0 Å². The van der Waals surface area contributed by atoms with Crippen LogP contribution in [0.1, 0.15) is 16.7 Å². The molecule has 0 spiro atoms. The minimum absolute atomic E-state index is 0. The van der Waals surface area contributed by atoms with Crippen LogP contribution >= 0.6 is 24.8 Å². The number of methoxy groups -OCH3 is 1. The van der Waals surface area contributed by atoms with Crippen LogP contribution in [0.2, 0.25) is 0 Å². The Balaban J connectivity index is 0.00000182. The van der Waals surface area contributed by atoms with Crippen molar-refractivity contribution in [3.63, 3.8) is 0 Å². The smallest absolute Gasteiger partial charge is 0.123 e. The second-order valence-electron chi connectivity index (χ2n) is 6.45. The summed E-state index contributed by atoms with van der Waals surface area (Å²) < 4.78 is 11.0. The Hall–Kier alpha value is -1.30. The molecule has 0 amide bonds.